The molecule has 0 spiro atoms. The van der Waals surface area contributed by atoms with Crippen LogP contribution < -0.4 is 0 Å². The lowest BCUT2D eigenvalue weighted by atomic mass is 9.93. The smallest absolute Gasteiger partial charge is 0.160 e. The molecular formula is C51H34N6. The lowest BCUT2D eigenvalue weighted by molar-refractivity contribution is 1.10. The van der Waals surface area contributed by atoms with Crippen LogP contribution in [0.4, 0.5) is 0 Å². The topological polar surface area (TPSA) is 69.4 Å². The molecule has 0 atom stereocenters. The fourth-order valence-corrected chi connectivity index (χ4v) is 7.47. The molecule has 4 aromatic heterocycles. The quantitative estimate of drug-likeness (QED) is 0.156. The summed E-state index contributed by atoms with van der Waals surface area (Å²) in [6.45, 7) is 0. The molecule has 0 saturated carbocycles. The van der Waals surface area contributed by atoms with Crippen LogP contribution in [0.3, 0.4) is 0 Å². The van der Waals surface area contributed by atoms with Crippen molar-refractivity contribution in [2.75, 3.05) is 0 Å². The Balaban J connectivity index is 1.19. The van der Waals surface area contributed by atoms with Gasteiger partial charge in [0.25, 0.3) is 0 Å². The van der Waals surface area contributed by atoms with Crippen LogP contribution in [-0.4, -0.2) is 29.5 Å². The van der Waals surface area contributed by atoms with Gasteiger partial charge in [-0.05, 0) is 71.3 Å². The Kier molecular flexibility index (Phi) is 8.74. The van der Waals surface area contributed by atoms with Crippen LogP contribution in [-0.2, 0) is 0 Å². The normalized spacial score (nSPS) is 11.2. The van der Waals surface area contributed by atoms with Gasteiger partial charge >= 0.3 is 0 Å². The number of pyridine rings is 2. The van der Waals surface area contributed by atoms with E-state index in [0.29, 0.717) is 5.82 Å². The van der Waals surface area contributed by atoms with E-state index in [4.69, 9.17) is 15.0 Å². The lowest BCUT2D eigenvalue weighted by Crippen LogP contribution is -2.01. The maximum absolute atomic E-state index is 5.45. The molecule has 6 aromatic carbocycles. The summed E-state index contributed by atoms with van der Waals surface area (Å²) in [7, 11) is 0. The molecule has 6 heteroatoms. The van der Waals surface area contributed by atoms with Crippen molar-refractivity contribution < 1.29 is 0 Å². The zero-order valence-electron chi connectivity index (χ0n) is 30.8. The second kappa shape index (κ2) is 14.8. The largest absolute Gasteiger partial charge is 0.292 e. The average Bonchev–Trinajstić information content (AvgIpc) is 3.70. The van der Waals surface area contributed by atoms with Gasteiger partial charge in [-0.2, -0.15) is 0 Å². The monoisotopic (exact) mass is 730 g/mol. The van der Waals surface area contributed by atoms with Crippen molar-refractivity contribution in [2.45, 2.75) is 0 Å². The van der Waals surface area contributed by atoms with E-state index in [0.717, 1.165) is 89.6 Å². The average molecular weight is 731 g/mol. The maximum atomic E-state index is 5.45. The first-order valence-corrected chi connectivity index (χ1v) is 18.9. The molecule has 0 radical (unpaired) electrons. The van der Waals surface area contributed by atoms with Crippen molar-refractivity contribution in [2.24, 2.45) is 0 Å². The highest BCUT2D eigenvalue weighted by molar-refractivity contribution is 5.93. The first-order chi connectivity index (χ1) is 28.3. The molecule has 10 aromatic rings. The third-order valence-electron chi connectivity index (χ3n) is 10.2. The molecule has 10 rings (SSSR count). The van der Waals surface area contributed by atoms with E-state index in [9.17, 15) is 0 Å². The summed E-state index contributed by atoms with van der Waals surface area (Å²) >= 11 is 0. The van der Waals surface area contributed by atoms with Gasteiger partial charge in [0, 0.05) is 69.4 Å². The van der Waals surface area contributed by atoms with Crippen LogP contribution >= 0.6 is 0 Å². The van der Waals surface area contributed by atoms with Crippen LogP contribution in [0.15, 0.2) is 207 Å². The van der Waals surface area contributed by atoms with E-state index >= 15 is 0 Å². The summed E-state index contributed by atoms with van der Waals surface area (Å²) in [5, 5.41) is 0. The molecule has 268 valence electrons. The van der Waals surface area contributed by atoms with Crippen LogP contribution in [0.1, 0.15) is 0 Å². The van der Waals surface area contributed by atoms with Gasteiger partial charge in [-0.15, -0.1) is 0 Å². The minimum absolute atomic E-state index is 0.625. The number of aromatic nitrogens is 6. The number of nitrogens with zero attached hydrogens (tertiary/aromatic N) is 6. The van der Waals surface area contributed by atoms with E-state index in [1.165, 1.54) is 0 Å². The predicted octanol–water partition coefficient (Wildman–Crippen LogP) is 12.3. The highest BCUT2D eigenvalue weighted by Gasteiger charge is 2.22. The fraction of sp³-hybridized carbons (Fsp3) is 0. The summed E-state index contributed by atoms with van der Waals surface area (Å²) in [5.74, 6) is 1.51. The molecule has 6 nitrogen and oxygen atoms in total. The third kappa shape index (κ3) is 6.55. The van der Waals surface area contributed by atoms with Gasteiger partial charge in [0.2, 0.25) is 0 Å². The van der Waals surface area contributed by atoms with Crippen molar-refractivity contribution in [3.63, 3.8) is 0 Å². The minimum Gasteiger partial charge on any atom is -0.292 e. The molecule has 0 saturated heterocycles. The SMILES string of the molecule is c1ccc(-c2nc(-c3cc(-c4cccnc4)cc(-c4cccnc4)c3)nc(-c3ccccc3)c2-c2ccc(-c3nc4ccccc4n3-c3ccccc3)cc2)cc1. The van der Waals surface area contributed by atoms with Crippen LogP contribution in [0.2, 0.25) is 0 Å². The van der Waals surface area contributed by atoms with E-state index in [1.807, 2.05) is 48.8 Å². The van der Waals surface area contributed by atoms with E-state index in [1.54, 1.807) is 12.4 Å². The molecule has 0 aliphatic rings. The zero-order chi connectivity index (χ0) is 38.0. The molecule has 0 fully saturated rings. The van der Waals surface area contributed by atoms with Gasteiger partial charge in [0.1, 0.15) is 5.82 Å². The van der Waals surface area contributed by atoms with Crippen LogP contribution in [0, 0.1) is 0 Å². The maximum Gasteiger partial charge on any atom is 0.160 e. The molecule has 0 unspecified atom stereocenters. The standard InChI is InChI=1S/C51H34N6/c1-4-14-36(15-5-1)48-47(35-24-26-38(27-25-35)51-54-45-22-10-11-23-46(45)57(51)44-20-8-3-9-21-44)49(37-16-6-2-7-17-37)56-50(55-48)43-31-41(39-18-12-28-52-33-39)30-42(32-43)40-19-13-29-53-34-40/h1-34H. The minimum atomic E-state index is 0.625. The summed E-state index contributed by atoms with van der Waals surface area (Å²) < 4.78 is 2.23. The fourth-order valence-electron chi connectivity index (χ4n) is 7.47. The Labute approximate surface area is 330 Å². The third-order valence-corrected chi connectivity index (χ3v) is 10.2. The van der Waals surface area contributed by atoms with E-state index in [-0.39, 0.29) is 0 Å². The van der Waals surface area contributed by atoms with Gasteiger partial charge in [-0.1, -0.05) is 127 Å². The van der Waals surface area contributed by atoms with Crippen molar-refractivity contribution >= 4 is 11.0 Å². The zero-order valence-corrected chi connectivity index (χ0v) is 30.8. The predicted molar refractivity (Wildman–Crippen MR) is 230 cm³/mol. The molecule has 4 heterocycles. The number of imidazole rings is 1. The van der Waals surface area contributed by atoms with Gasteiger partial charge in [-0.3, -0.25) is 14.5 Å². The first kappa shape index (κ1) is 33.7. The molecule has 57 heavy (non-hydrogen) atoms. The Morgan fingerprint density at radius 1 is 0.351 bits per heavy atom. The molecule has 0 amide bonds. The summed E-state index contributed by atoms with van der Waals surface area (Å²) in [6, 6.07) is 62.7. The number of benzene rings is 6. The molecule has 0 bridgehead atoms. The number of fused-ring (bicyclic) bond motifs is 1. The van der Waals surface area contributed by atoms with Crippen molar-refractivity contribution in [3.8, 4) is 84.4 Å². The Hall–Kier alpha value is -7.83. The number of hydrogen-bond donors (Lipinski definition) is 0. The van der Waals surface area contributed by atoms with Crippen LogP contribution in [0.5, 0.6) is 0 Å². The van der Waals surface area contributed by atoms with Crippen LogP contribution in [0.25, 0.3) is 95.4 Å². The van der Waals surface area contributed by atoms with E-state index in [2.05, 4.69) is 160 Å². The van der Waals surface area contributed by atoms with Crippen molar-refractivity contribution in [1.82, 2.24) is 29.5 Å². The Morgan fingerprint density at radius 2 is 0.842 bits per heavy atom. The second-order valence-electron chi connectivity index (χ2n) is 13.8. The molecule has 0 N–H and O–H groups in total. The number of rotatable bonds is 8. The highest BCUT2D eigenvalue weighted by Crippen LogP contribution is 2.41. The van der Waals surface area contributed by atoms with Gasteiger partial charge in [0.15, 0.2) is 5.82 Å². The summed E-state index contributed by atoms with van der Waals surface area (Å²) in [4.78, 5) is 24.9. The van der Waals surface area contributed by atoms with Gasteiger partial charge in [0.05, 0.1) is 22.4 Å². The van der Waals surface area contributed by atoms with E-state index < -0.39 is 0 Å². The lowest BCUT2D eigenvalue weighted by Gasteiger charge is -2.18. The van der Waals surface area contributed by atoms with Gasteiger partial charge < -0.3 is 0 Å². The second-order valence-corrected chi connectivity index (χ2v) is 13.8. The Morgan fingerprint density at radius 3 is 1.40 bits per heavy atom. The number of hydrogen-bond acceptors (Lipinski definition) is 5. The van der Waals surface area contributed by atoms with Crippen molar-refractivity contribution in [1.29, 1.82) is 0 Å². The molecular weight excluding hydrogens is 697 g/mol. The molecule has 0 aliphatic carbocycles. The first-order valence-electron chi connectivity index (χ1n) is 18.9. The summed E-state index contributed by atoms with van der Waals surface area (Å²) in [6.07, 6.45) is 7.36. The highest BCUT2D eigenvalue weighted by atomic mass is 15.1. The molecule has 0 aliphatic heterocycles. The summed E-state index contributed by atoms with van der Waals surface area (Å²) in [5.41, 5.74) is 14.7. The van der Waals surface area contributed by atoms with Gasteiger partial charge in [-0.25, -0.2) is 15.0 Å². The Bertz CT molecular complexity index is 2850. The number of para-hydroxylation sites is 3. The van der Waals surface area contributed by atoms with Crippen molar-refractivity contribution in [3.05, 3.63) is 207 Å².